The van der Waals surface area contributed by atoms with Gasteiger partial charge in [0.2, 0.25) is 5.91 Å². The van der Waals surface area contributed by atoms with E-state index in [2.05, 4.69) is 16.6 Å². The number of aromatic hydroxyl groups is 1. The van der Waals surface area contributed by atoms with Crippen LogP contribution in [0.3, 0.4) is 0 Å². The van der Waals surface area contributed by atoms with Crippen LogP contribution < -0.4 is 10.6 Å². The van der Waals surface area contributed by atoms with Crippen LogP contribution in [0, 0.1) is 12.3 Å². The second-order valence-corrected chi connectivity index (χ2v) is 10.6. The number of carboxylic acid groups (broad SMARTS) is 1. The number of hydrogen-bond donors (Lipinski definition) is 7. The minimum atomic E-state index is -2.54. The van der Waals surface area contributed by atoms with Crippen LogP contribution in [-0.2, 0) is 39.8 Å². The molecule has 6 atom stereocenters. The lowest BCUT2D eigenvalue weighted by Crippen LogP contribution is -2.68. The van der Waals surface area contributed by atoms with Gasteiger partial charge in [0, 0.05) is 13.0 Å². The van der Waals surface area contributed by atoms with Gasteiger partial charge in [-0.2, -0.15) is 0 Å². The summed E-state index contributed by atoms with van der Waals surface area (Å²) in [4.78, 5) is 36.8. The van der Waals surface area contributed by atoms with Crippen LogP contribution in [0.1, 0.15) is 12.0 Å². The van der Waals surface area contributed by atoms with Gasteiger partial charge in [0.15, 0.2) is 6.67 Å². The van der Waals surface area contributed by atoms with Crippen molar-refractivity contribution in [2.45, 2.75) is 49.1 Å². The number of carbonyl (C=O) groups is 3. The second kappa shape index (κ2) is 18.3. The monoisotopic (exact) mass is 662 g/mol. The number of carboxylic acids is 1. The number of nitrogens with one attached hydrogen (secondary N) is 2. The first-order valence-electron chi connectivity index (χ1n) is 14.7. The molecule has 0 radical (unpaired) electrons. The molecule has 14 nitrogen and oxygen atoms in total. The summed E-state index contributed by atoms with van der Waals surface area (Å²) in [5.74, 6) is -3.50. The highest BCUT2D eigenvalue weighted by Gasteiger charge is 2.55. The third kappa shape index (κ3) is 11.0. The molecule has 1 heterocycles. The van der Waals surface area contributed by atoms with Crippen LogP contribution in [0.25, 0.3) is 11.1 Å². The summed E-state index contributed by atoms with van der Waals surface area (Å²) in [7, 11) is 0. The van der Waals surface area contributed by atoms with Gasteiger partial charge in [-0.3, -0.25) is 9.59 Å². The number of aliphatic hydroxyl groups is 3. The molecule has 7 N–H and O–H groups in total. The third-order valence-electron chi connectivity index (χ3n) is 7.23. The Morgan fingerprint density at radius 3 is 2.23 bits per heavy atom. The molecule has 256 valence electrons. The Labute approximate surface area is 270 Å². The first kappa shape index (κ1) is 37.3. The van der Waals surface area contributed by atoms with Gasteiger partial charge in [-0.1, -0.05) is 42.3 Å². The van der Waals surface area contributed by atoms with Crippen LogP contribution in [0.2, 0.25) is 0 Å². The summed E-state index contributed by atoms with van der Waals surface area (Å²) >= 11 is 0. The van der Waals surface area contributed by atoms with Gasteiger partial charge in [0.25, 0.3) is 11.7 Å². The van der Waals surface area contributed by atoms with E-state index in [1.807, 2.05) is 0 Å². The van der Waals surface area contributed by atoms with Crippen LogP contribution in [0.15, 0.2) is 48.5 Å². The number of aliphatic hydroxyl groups excluding tert-OH is 3. The Kier molecular flexibility index (Phi) is 14.5. The molecular formula is C32H39FN2O12. The fraction of sp³-hybridized carbons (Fsp3) is 0.469. The summed E-state index contributed by atoms with van der Waals surface area (Å²) < 4.78 is 34.4. The number of ether oxygens (including phenoxy) is 4. The summed E-state index contributed by atoms with van der Waals surface area (Å²) in [6, 6.07) is 12.1. The summed E-state index contributed by atoms with van der Waals surface area (Å²) in [6.45, 7) is -2.08. The minimum absolute atomic E-state index is 0.0828. The predicted molar refractivity (Wildman–Crippen MR) is 162 cm³/mol. The van der Waals surface area contributed by atoms with Crippen molar-refractivity contribution in [2.75, 3.05) is 46.3 Å². The molecule has 2 aromatic rings. The Bertz CT molecular complexity index is 1350. The Balaban J connectivity index is 1.62. The number of alkyl halides is 1. The second-order valence-electron chi connectivity index (χ2n) is 10.6. The lowest BCUT2D eigenvalue weighted by atomic mass is 9.88. The molecule has 47 heavy (non-hydrogen) atoms. The van der Waals surface area contributed by atoms with Crippen molar-refractivity contribution >= 4 is 17.8 Å². The zero-order chi connectivity index (χ0) is 34.4. The Morgan fingerprint density at radius 2 is 1.62 bits per heavy atom. The number of hydrogen-bond acceptors (Lipinski definition) is 11. The number of aliphatic carboxylic acids is 1. The molecule has 0 aliphatic carbocycles. The zero-order valence-electron chi connectivity index (χ0n) is 25.4. The number of amides is 2. The maximum Gasteiger partial charge on any atom is 0.364 e. The molecular weight excluding hydrogens is 623 g/mol. The van der Waals surface area contributed by atoms with Gasteiger partial charge in [-0.25, -0.2) is 9.18 Å². The molecule has 1 fully saturated rings. The molecule has 1 saturated heterocycles. The van der Waals surface area contributed by atoms with E-state index in [0.29, 0.717) is 5.56 Å². The summed E-state index contributed by atoms with van der Waals surface area (Å²) in [5, 5.41) is 56.6. The summed E-state index contributed by atoms with van der Waals surface area (Å²) in [6.07, 6.45) is -3.05. The third-order valence-corrected chi connectivity index (χ3v) is 7.23. The van der Waals surface area contributed by atoms with E-state index in [1.54, 1.807) is 48.5 Å². The van der Waals surface area contributed by atoms with Gasteiger partial charge in [0.05, 0.1) is 51.1 Å². The fourth-order valence-corrected chi connectivity index (χ4v) is 4.83. The molecule has 1 aliphatic rings. The lowest BCUT2D eigenvalue weighted by Gasteiger charge is -2.46. The van der Waals surface area contributed by atoms with Crippen molar-refractivity contribution in [1.82, 2.24) is 10.6 Å². The van der Waals surface area contributed by atoms with Gasteiger partial charge in [-0.05, 0) is 28.8 Å². The molecule has 0 aromatic heterocycles. The number of carbonyl (C=O) groups excluding carboxylic acids is 2. The first-order valence-corrected chi connectivity index (χ1v) is 14.7. The van der Waals surface area contributed by atoms with E-state index in [4.69, 9.17) is 25.4 Å². The largest absolute Gasteiger partial charge is 0.508 e. The van der Waals surface area contributed by atoms with Crippen LogP contribution in [-0.4, -0.2) is 126 Å². The van der Waals surface area contributed by atoms with Crippen LogP contribution in [0.5, 0.6) is 5.75 Å². The van der Waals surface area contributed by atoms with E-state index in [0.717, 1.165) is 11.1 Å². The highest BCUT2D eigenvalue weighted by atomic mass is 19.1. The minimum Gasteiger partial charge on any atom is -0.508 e. The molecule has 1 aliphatic heterocycles. The predicted octanol–water partition coefficient (Wildman–Crippen LogP) is -0.492. The van der Waals surface area contributed by atoms with E-state index >= 15 is 0 Å². The van der Waals surface area contributed by atoms with Gasteiger partial charge >= 0.3 is 5.97 Å². The van der Waals surface area contributed by atoms with Crippen molar-refractivity contribution in [3.8, 4) is 29.2 Å². The van der Waals surface area contributed by atoms with Crippen molar-refractivity contribution < 1.29 is 63.3 Å². The fourth-order valence-electron chi connectivity index (χ4n) is 4.83. The normalized spacial score (nSPS) is 22.1. The molecule has 0 spiro atoms. The van der Waals surface area contributed by atoms with E-state index < -0.39 is 73.7 Å². The first-order chi connectivity index (χ1) is 22.5. The highest BCUT2D eigenvalue weighted by molar-refractivity contribution is 5.79. The van der Waals surface area contributed by atoms with Crippen molar-refractivity contribution in [3.05, 3.63) is 54.1 Å². The quantitative estimate of drug-likeness (QED) is 0.0796. The lowest BCUT2D eigenvalue weighted by molar-refractivity contribution is -0.312. The van der Waals surface area contributed by atoms with Gasteiger partial charge in [-0.15, -0.1) is 6.42 Å². The van der Waals surface area contributed by atoms with Crippen LogP contribution in [0.4, 0.5) is 4.39 Å². The molecule has 15 heteroatoms. The molecule has 3 rings (SSSR count). The van der Waals surface area contributed by atoms with Crippen molar-refractivity contribution in [2.24, 2.45) is 0 Å². The highest BCUT2D eigenvalue weighted by Crippen LogP contribution is 2.33. The van der Waals surface area contributed by atoms with E-state index in [-0.39, 0.29) is 45.2 Å². The maximum atomic E-state index is 13.0. The zero-order valence-corrected chi connectivity index (χ0v) is 25.4. The summed E-state index contributed by atoms with van der Waals surface area (Å²) in [5.41, 5.74) is 2.36. The van der Waals surface area contributed by atoms with Crippen molar-refractivity contribution in [1.29, 1.82) is 0 Å². The number of terminal acetylenes is 1. The van der Waals surface area contributed by atoms with E-state index in [1.165, 1.54) is 0 Å². The maximum absolute atomic E-state index is 13.0. The SMILES string of the molecule is C#CCOCCOCCO[C@]1(C(=O)O)C[C@H](O)[C@@H](NC(=O)CF)[C@H]([C@H](O)[C@H](O)CNC(=O)Cc2ccc(-c3ccc(O)cc3)cc2)O1. The Hall–Kier alpha value is -4.14. The average Bonchev–Trinajstić information content (AvgIpc) is 3.06. The van der Waals surface area contributed by atoms with Crippen molar-refractivity contribution in [3.63, 3.8) is 0 Å². The number of phenols is 1. The molecule has 2 aromatic carbocycles. The van der Waals surface area contributed by atoms with E-state index in [9.17, 15) is 44.3 Å². The number of benzene rings is 2. The van der Waals surface area contributed by atoms with Gasteiger partial charge < -0.3 is 55.1 Å². The average molecular weight is 663 g/mol. The standard InChI is InChI=1S/C32H39FN2O12/c1-2-11-44-12-13-45-14-15-46-32(31(42)43)17-24(37)28(35-27(40)18-33)30(47-32)29(41)25(38)19-34-26(39)16-20-3-5-21(6-4-20)22-7-9-23(36)10-8-22/h1,3-10,24-25,28-30,36-38,41H,11-19H2,(H,34,39)(H,35,40)(H,42,43)/t24-,25+,28+,29+,30+,32+/m0/s1. The van der Waals surface area contributed by atoms with Crippen LogP contribution >= 0.6 is 0 Å². The van der Waals surface area contributed by atoms with Gasteiger partial charge in [0.1, 0.15) is 24.6 Å². The molecule has 0 saturated carbocycles. The molecule has 0 bridgehead atoms. The number of halogens is 1. The Morgan fingerprint density at radius 1 is 1.00 bits per heavy atom. The molecule has 0 unspecified atom stereocenters. The number of phenolic OH excluding ortho intramolecular Hbond substituents is 1. The smallest absolute Gasteiger partial charge is 0.364 e. The number of rotatable bonds is 18. The molecule has 2 amide bonds. The topological polar surface area (TPSA) is 213 Å².